The molecule has 1 saturated heterocycles. The zero-order chi connectivity index (χ0) is 13.2. The Morgan fingerprint density at radius 2 is 2.11 bits per heavy atom. The van der Waals surface area contributed by atoms with E-state index < -0.39 is 0 Å². The van der Waals surface area contributed by atoms with Gasteiger partial charge in [-0.25, -0.2) is 4.79 Å². The Bertz CT molecular complexity index is 596. The first-order chi connectivity index (χ1) is 9.28. The minimum atomic E-state index is -0.313. The molecule has 1 aliphatic rings. The minimum Gasteiger partial charge on any atom is -0.465 e. The average molecular weight is 259 g/mol. The van der Waals surface area contributed by atoms with E-state index in [2.05, 4.69) is 11.4 Å². The standard InChI is InChI=1S/C15H17NO3/c1-18-15(17)11-2-3-13-12(8-11)9-14(19-13)10-4-6-16-7-5-10/h2-3,8-10,16H,4-7H2,1H3. The van der Waals surface area contributed by atoms with Gasteiger partial charge in [-0.05, 0) is 50.2 Å². The van der Waals surface area contributed by atoms with Crippen molar-refractivity contribution < 1.29 is 13.9 Å². The van der Waals surface area contributed by atoms with E-state index in [0.717, 1.165) is 42.7 Å². The van der Waals surface area contributed by atoms with Crippen LogP contribution in [0.15, 0.2) is 28.7 Å². The number of ether oxygens (including phenoxy) is 1. The van der Waals surface area contributed by atoms with Gasteiger partial charge in [0.15, 0.2) is 0 Å². The van der Waals surface area contributed by atoms with Crippen LogP contribution in [0.2, 0.25) is 0 Å². The molecule has 3 rings (SSSR count). The maximum atomic E-state index is 11.5. The normalized spacial score (nSPS) is 16.7. The summed E-state index contributed by atoms with van der Waals surface area (Å²) < 4.78 is 10.6. The van der Waals surface area contributed by atoms with E-state index in [9.17, 15) is 4.79 Å². The maximum absolute atomic E-state index is 11.5. The van der Waals surface area contributed by atoms with Crippen LogP contribution < -0.4 is 5.32 Å². The van der Waals surface area contributed by atoms with Crippen LogP contribution in [0.25, 0.3) is 11.0 Å². The lowest BCUT2D eigenvalue weighted by Crippen LogP contribution is -2.26. The second-order valence-electron chi connectivity index (χ2n) is 4.92. The van der Waals surface area contributed by atoms with Gasteiger partial charge in [-0.1, -0.05) is 0 Å². The number of esters is 1. The Morgan fingerprint density at radius 3 is 2.84 bits per heavy atom. The molecular weight excluding hydrogens is 242 g/mol. The van der Waals surface area contributed by atoms with Crippen molar-refractivity contribution in [3.63, 3.8) is 0 Å². The Hall–Kier alpha value is -1.81. The van der Waals surface area contributed by atoms with E-state index in [1.54, 1.807) is 6.07 Å². The number of hydrogen-bond donors (Lipinski definition) is 1. The Labute approximate surface area is 111 Å². The molecule has 4 nitrogen and oxygen atoms in total. The molecular formula is C15H17NO3. The summed E-state index contributed by atoms with van der Waals surface area (Å²) in [5, 5.41) is 4.32. The van der Waals surface area contributed by atoms with Crippen molar-refractivity contribution >= 4 is 16.9 Å². The predicted molar refractivity (Wildman–Crippen MR) is 72.4 cm³/mol. The molecule has 2 aromatic rings. The van der Waals surface area contributed by atoms with Crippen molar-refractivity contribution in [2.75, 3.05) is 20.2 Å². The van der Waals surface area contributed by atoms with Crippen LogP contribution in [0.1, 0.15) is 34.9 Å². The van der Waals surface area contributed by atoms with E-state index in [1.165, 1.54) is 7.11 Å². The lowest BCUT2D eigenvalue weighted by atomic mass is 9.95. The number of carbonyl (C=O) groups excluding carboxylic acids is 1. The highest BCUT2D eigenvalue weighted by Crippen LogP contribution is 2.31. The summed E-state index contributed by atoms with van der Waals surface area (Å²) in [4.78, 5) is 11.5. The van der Waals surface area contributed by atoms with Gasteiger partial charge in [0.2, 0.25) is 0 Å². The summed E-state index contributed by atoms with van der Waals surface area (Å²) in [6.45, 7) is 2.07. The largest absolute Gasteiger partial charge is 0.465 e. The molecule has 0 atom stereocenters. The van der Waals surface area contributed by atoms with Gasteiger partial charge < -0.3 is 14.5 Å². The molecule has 0 radical (unpaired) electrons. The maximum Gasteiger partial charge on any atom is 0.337 e. The van der Waals surface area contributed by atoms with Crippen LogP contribution in [0.5, 0.6) is 0 Å². The van der Waals surface area contributed by atoms with Crippen molar-refractivity contribution in [1.29, 1.82) is 0 Å². The zero-order valence-electron chi connectivity index (χ0n) is 10.9. The number of piperidine rings is 1. The fraction of sp³-hybridized carbons (Fsp3) is 0.400. The van der Waals surface area contributed by atoms with Crippen molar-refractivity contribution in [3.8, 4) is 0 Å². The Balaban J connectivity index is 1.93. The molecule has 0 amide bonds. The van der Waals surface area contributed by atoms with Crippen LogP contribution in [0, 0.1) is 0 Å². The first-order valence-electron chi connectivity index (χ1n) is 6.60. The van der Waals surface area contributed by atoms with Gasteiger partial charge >= 0.3 is 5.97 Å². The Kier molecular flexibility index (Phi) is 3.25. The van der Waals surface area contributed by atoms with Crippen molar-refractivity contribution in [2.24, 2.45) is 0 Å². The summed E-state index contributed by atoms with van der Waals surface area (Å²) in [6.07, 6.45) is 2.20. The molecule has 0 bridgehead atoms. The molecule has 4 heteroatoms. The third kappa shape index (κ3) is 2.36. The molecule has 0 saturated carbocycles. The van der Waals surface area contributed by atoms with Gasteiger partial charge in [-0.2, -0.15) is 0 Å². The first-order valence-corrected chi connectivity index (χ1v) is 6.60. The molecule has 1 aliphatic heterocycles. The van der Waals surface area contributed by atoms with E-state index in [4.69, 9.17) is 9.15 Å². The molecule has 1 N–H and O–H groups in total. The molecule has 19 heavy (non-hydrogen) atoms. The molecule has 0 spiro atoms. The van der Waals surface area contributed by atoms with E-state index >= 15 is 0 Å². The average Bonchev–Trinajstić information content (AvgIpc) is 2.90. The summed E-state index contributed by atoms with van der Waals surface area (Å²) >= 11 is 0. The quantitative estimate of drug-likeness (QED) is 0.842. The monoisotopic (exact) mass is 259 g/mol. The van der Waals surface area contributed by atoms with E-state index in [0.29, 0.717) is 11.5 Å². The number of fused-ring (bicyclic) bond motifs is 1. The molecule has 1 fully saturated rings. The zero-order valence-corrected chi connectivity index (χ0v) is 10.9. The van der Waals surface area contributed by atoms with Crippen LogP contribution in [0.4, 0.5) is 0 Å². The van der Waals surface area contributed by atoms with Crippen LogP contribution in [-0.4, -0.2) is 26.2 Å². The summed E-state index contributed by atoms with van der Waals surface area (Å²) in [6, 6.07) is 7.46. The summed E-state index contributed by atoms with van der Waals surface area (Å²) in [7, 11) is 1.39. The fourth-order valence-electron chi connectivity index (χ4n) is 2.62. The lowest BCUT2D eigenvalue weighted by Gasteiger charge is -2.20. The minimum absolute atomic E-state index is 0.313. The van der Waals surface area contributed by atoms with Crippen molar-refractivity contribution in [3.05, 3.63) is 35.6 Å². The smallest absolute Gasteiger partial charge is 0.337 e. The highest BCUT2D eigenvalue weighted by Gasteiger charge is 2.19. The number of rotatable bonds is 2. The number of carbonyl (C=O) groups is 1. The van der Waals surface area contributed by atoms with Gasteiger partial charge in [0, 0.05) is 11.3 Å². The van der Waals surface area contributed by atoms with Crippen LogP contribution in [-0.2, 0) is 4.74 Å². The number of benzene rings is 1. The predicted octanol–water partition coefficient (Wildman–Crippen LogP) is 2.69. The molecule has 0 unspecified atom stereocenters. The second kappa shape index (κ2) is 5.05. The number of furan rings is 1. The highest BCUT2D eigenvalue weighted by molar-refractivity contribution is 5.94. The molecule has 1 aromatic carbocycles. The second-order valence-corrected chi connectivity index (χ2v) is 4.92. The number of methoxy groups -OCH3 is 1. The molecule has 2 heterocycles. The number of nitrogens with one attached hydrogen (secondary N) is 1. The van der Waals surface area contributed by atoms with Crippen LogP contribution >= 0.6 is 0 Å². The van der Waals surface area contributed by atoms with Gasteiger partial charge in [-0.15, -0.1) is 0 Å². The van der Waals surface area contributed by atoms with Gasteiger partial charge in [0.1, 0.15) is 11.3 Å². The van der Waals surface area contributed by atoms with Gasteiger partial charge in [0.05, 0.1) is 12.7 Å². The third-order valence-corrected chi connectivity index (χ3v) is 3.70. The SMILES string of the molecule is COC(=O)c1ccc2oc(C3CCNCC3)cc2c1. The van der Waals surface area contributed by atoms with Crippen LogP contribution in [0.3, 0.4) is 0 Å². The molecule has 100 valence electrons. The van der Waals surface area contributed by atoms with Gasteiger partial charge in [-0.3, -0.25) is 0 Å². The first kappa shape index (κ1) is 12.2. The third-order valence-electron chi connectivity index (χ3n) is 3.70. The highest BCUT2D eigenvalue weighted by atomic mass is 16.5. The molecule has 1 aromatic heterocycles. The van der Waals surface area contributed by atoms with Gasteiger partial charge in [0.25, 0.3) is 0 Å². The number of hydrogen-bond acceptors (Lipinski definition) is 4. The van der Waals surface area contributed by atoms with Crippen molar-refractivity contribution in [1.82, 2.24) is 5.32 Å². The van der Waals surface area contributed by atoms with E-state index in [1.807, 2.05) is 12.1 Å². The lowest BCUT2D eigenvalue weighted by molar-refractivity contribution is 0.0601. The summed E-state index contributed by atoms with van der Waals surface area (Å²) in [5.74, 6) is 1.19. The van der Waals surface area contributed by atoms with Crippen molar-refractivity contribution in [2.45, 2.75) is 18.8 Å². The summed E-state index contributed by atoms with van der Waals surface area (Å²) in [5.41, 5.74) is 1.40. The topological polar surface area (TPSA) is 51.5 Å². The van der Waals surface area contributed by atoms with E-state index in [-0.39, 0.29) is 5.97 Å². The fourth-order valence-corrected chi connectivity index (χ4v) is 2.62. The molecule has 0 aliphatic carbocycles. The Morgan fingerprint density at radius 1 is 1.32 bits per heavy atom.